The summed E-state index contributed by atoms with van der Waals surface area (Å²) in [7, 11) is 0. The van der Waals surface area contributed by atoms with E-state index in [4.69, 9.17) is 0 Å². The van der Waals surface area contributed by atoms with Gasteiger partial charge in [-0.05, 0) is 49.4 Å². The zero-order valence-electron chi connectivity index (χ0n) is 12.0. The van der Waals surface area contributed by atoms with Crippen molar-refractivity contribution in [2.75, 3.05) is 19.6 Å². The van der Waals surface area contributed by atoms with Gasteiger partial charge in [-0.3, -0.25) is 4.79 Å². The van der Waals surface area contributed by atoms with Crippen LogP contribution < -0.4 is 5.32 Å². The van der Waals surface area contributed by atoms with Crippen LogP contribution in [0.5, 0.6) is 0 Å². The first-order chi connectivity index (χ1) is 9.28. The maximum absolute atomic E-state index is 12.5. The van der Waals surface area contributed by atoms with E-state index in [2.05, 4.69) is 24.4 Å². The highest BCUT2D eigenvalue weighted by Crippen LogP contribution is 2.25. The quantitative estimate of drug-likeness (QED) is 0.909. The lowest BCUT2D eigenvalue weighted by Gasteiger charge is -2.35. The Morgan fingerprint density at radius 1 is 1.30 bits per heavy atom. The fourth-order valence-corrected chi connectivity index (χ4v) is 3.30. The van der Waals surface area contributed by atoms with E-state index in [9.17, 15) is 4.79 Å². The van der Waals surface area contributed by atoms with Crippen LogP contribution in [0.15, 0.2) is 24.3 Å². The van der Waals surface area contributed by atoms with Crippen LogP contribution in [0.25, 0.3) is 0 Å². The summed E-state index contributed by atoms with van der Waals surface area (Å²) in [5, 5.41) is 3.53. The van der Waals surface area contributed by atoms with Crippen molar-refractivity contribution >= 4 is 18.3 Å². The summed E-state index contributed by atoms with van der Waals surface area (Å²) in [5.74, 6) is 0.862. The SMILES string of the molecule is CCc1ccc(C(=O)N2CCC3NCCC3C2)cc1.Cl. The van der Waals surface area contributed by atoms with Gasteiger partial charge in [0.05, 0.1) is 0 Å². The Bertz CT molecular complexity index is 460. The molecule has 0 spiro atoms. The van der Waals surface area contributed by atoms with Crippen LogP contribution in [0.3, 0.4) is 0 Å². The van der Waals surface area contributed by atoms with Crippen molar-refractivity contribution < 1.29 is 4.79 Å². The Morgan fingerprint density at radius 3 is 2.75 bits per heavy atom. The van der Waals surface area contributed by atoms with Crippen LogP contribution in [0.1, 0.15) is 35.7 Å². The molecule has 2 saturated heterocycles. The molecule has 2 atom stereocenters. The minimum atomic E-state index is 0. The molecule has 0 aliphatic carbocycles. The second-order valence-corrected chi connectivity index (χ2v) is 5.70. The normalized spacial score (nSPS) is 24.9. The van der Waals surface area contributed by atoms with Gasteiger partial charge in [0.15, 0.2) is 0 Å². The molecule has 2 fully saturated rings. The summed E-state index contributed by atoms with van der Waals surface area (Å²) in [6, 6.07) is 8.72. The van der Waals surface area contributed by atoms with Crippen LogP contribution >= 0.6 is 12.4 Å². The smallest absolute Gasteiger partial charge is 0.253 e. The highest BCUT2D eigenvalue weighted by molar-refractivity contribution is 5.94. The molecule has 3 rings (SSSR count). The standard InChI is InChI=1S/C16H22N2O.ClH/c1-2-12-3-5-13(6-4-12)16(19)18-10-8-15-14(11-18)7-9-17-15;/h3-6,14-15,17H,2,7-11H2,1H3;1H. The van der Waals surface area contributed by atoms with Crippen molar-refractivity contribution in [3.05, 3.63) is 35.4 Å². The number of nitrogens with one attached hydrogen (secondary N) is 1. The number of piperidine rings is 1. The number of benzene rings is 1. The third-order valence-electron chi connectivity index (χ3n) is 4.55. The number of halogens is 1. The Balaban J connectivity index is 0.00000147. The zero-order valence-corrected chi connectivity index (χ0v) is 12.8. The zero-order chi connectivity index (χ0) is 13.2. The van der Waals surface area contributed by atoms with Crippen molar-refractivity contribution in [2.24, 2.45) is 5.92 Å². The van der Waals surface area contributed by atoms with E-state index in [1.54, 1.807) is 0 Å². The summed E-state index contributed by atoms with van der Waals surface area (Å²) in [5.41, 5.74) is 2.12. The lowest BCUT2D eigenvalue weighted by atomic mass is 9.93. The summed E-state index contributed by atoms with van der Waals surface area (Å²) in [6.45, 7) is 5.06. The van der Waals surface area contributed by atoms with E-state index in [-0.39, 0.29) is 18.3 Å². The molecule has 0 saturated carbocycles. The molecule has 0 aromatic heterocycles. The lowest BCUT2D eigenvalue weighted by molar-refractivity contribution is 0.0662. The van der Waals surface area contributed by atoms with Crippen molar-refractivity contribution in [3.63, 3.8) is 0 Å². The van der Waals surface area contributed by atoms with E-state index in [1.165, 1.54) is 12.0 Å². The van der Waals surface area contributed by atoms with E-state index in [1.807, 2.05) is 17.0 Å². The predicted octanol–water partition coefficient (Wildman–Crippen LogP) is 2.49. The molecule has 2 aliphatic heterocycles. The molecule has 4 heteroatoms. The molecule has 1 amide bonds. The summed E-state index contributed by atoms with van der Waals surface area (Å²) >= 11 is 0. The maximum atomic E-state index is 12.5. The number of likely N-dealkylation sites (tertiary alicyclic amines) is 1. The highest BCUT2D eigenvalue weighted by atomic mass is 35.5. The Morgan fingerprint density at radius 2 is 2.05 bits per heavy atom. The maximum Gasteiger partial charge on any atom is 0.253 e. The fraction of sp³-hybridized carbons (Fsp3) is 0.562. The Hall–Kier alpha value is -1.06. The first kappa shape index (κ1) is 15.3. The van der Waals surface area contributed by atoms with Crippen molar-refractivity contribution in [1.29, 1.82) is 0 Å². The van der Waals surface area contributed by atoms with Gasteiger partial charge in [-0.25, -0.2) is 0 Å². The second-order valence-electron chi connectivity index (χ2n) is 5.70. The van der Waals surface area contributed by atoms with Crippen molar-refractivity contribution in [3.8, 4) is 0 Å². The molecule has 1 N–H and O–H groups in total. The number of nitrogens with zero attached hydrogens (tertiary/aromatic N) is 1. The second kappa shape index (κ2) is 6.59. The largest absolute Gasteiger partial charge is 0.338 e. The van der Waals surface area contributed by atoms with Gasteiger partial charge in [-0.15, -0.1) is 12.4 Å². The van der Waals surface area contributed by atoms with Crippen LogP contribution in [0, 0.1) is 5.92 Å². The summed E-state index contributed by atoms with van der Waals surface area (Å²) in [4.78, 5) is 14.5. The first-order valence-electron chi connectivity index (χ1n) is 7.39. The van der Waals surface area contributed by atoms with Crippen molar-refractivity contribution in [2.45, 2.75) is 32.2 Å². The molecule has 0 radical (unpaired) electrons. The van der Waals surface area contributed by atoms with E-state index in [0.717, 1.165) is 38.0 Å². The third kappa shape index (κ3) is 2.99. The summed E-state index contributed by atoms with van der Waals surface area (Å²) in [6.07, 6.45) is 3.33. The van der Waals surface area contributed by atoms with Crippen molar-refractivity contribution in [1.82, 2.24) is 10.2 Å². The van der Waals surface area contributed by atoms with E-state index in [0.29, 0.717) is 12.0 Å². The van der Waals surface area contributed by atoms with Crippen LogP contribution in [0.4, 0.5) is 0 Å². The number of hydrogen-bond acceptors (Lipinski definition) is 2. The van der Waals surface area contributed by atoms with Crippen LogP contribution in [-0.2, 0) is 6.42 Å². The highest BCUT2D eigenvalue weighted by Gasteiger charge is 2.34. The number of amides is 1. The van der Waals surface area contributed by atoms with Gasteiger partial charge >= 0.3 is 0 Å². The number of carbonyl (C=O) groups excluding carboxylic acids is 1. The molecule has 1 aromatic carbocycles. The first-order valence-corrected chi connectivity index (χ1v) is 7.39. The van der Waals surface area contributed by atoms with E-state index >= 15 is 0 Å². The third-order valence-corrected chi connectivity index (χ3v) is 4.55. The van der Waals surface area contributed by atoms with Gasteiger partial charge < -0.3 is 10.2 Å². The minimum Gasteiger partial charge on any atom is -0.338 e. The Kier molecular flexibility index (Phi) is 5.06. The van der Waals surface area contributed by atoms with Crippen LogP contribution in [-0.4, -0.2) is 36.5 Å². The minimum absolute atomic E-state index is 0. The average Bonchev–Trinajstić information content (AvgIpc) is 2.94. The average molecular weight is 295 g/mol. The number of aryl methyl sites for hydroxylation is 1. The molecular weight excluding hydrogens is 272 g/mol. The molecule has 20 heavy (non-hydrogen) atoms. The monoisotopic (exact) mass is 294 g/mol. The Labute approximate surface area is 127 Å². The fourth-order valence-electron chi connectivity index (χ4n) is 3.30. The van der Waals surface area contributed by atoms with Crippen LogP contribution in [0.2, 0.25) is 0 Å². The molecule has 2 heterocycles. The molecule has 3 nitrogen and oxygen atoms in total. The number of rotatable bonds is 2. The lowest BCUT2D eigenvalue weighted by Crippen LogP contribution is -2.46. The van der Waals surface area contributed by atoms with Gasteiger partial charge in [0.25, 0.3) is 5.91 Å². The molecule has 110 valence electrons. The van der Waals surface area contributed by atoms with Gasteiger partial charge in [0, 0.05) is 24.7 Å². The summed E-state index contributed by atoms with van der Waals surface area (Å²) < 4.78 is 0. The molecule has 0 bridgehead atoms. The molecule has 1 aromatic rings. The van der Waals surface area contributed by atoms with Gasteiger partial charge in [0.2, 0.25) is 0 Å². The predicted molar refractivity (Wildman–Crippen MR) is 83.5 cm³/mol. The van der Waals surface area contributed by atoms with Gasteiger partial charge in [0.1, 0.15) is 0 Å². The molecule has 2 aliphatic rings. The van der Waals surface area contributed by atoms with E-state index < -0.39 is 0 Å². The molecule has 2 unspecified atom stereocenters. The molecular formula is C16H23ClN2O. The number of hydrogen-bond donors (Lipinski definition) is 1. The number of carbonyl (C=O) groups is 1. The number of fused-ring (bicyclic) bond motifs is 1. The van der Waals surface area contributed by atoms with Gasteiger partial charge in [-0.2, -0.15) is 0 Å². The topological polar surface area (TPSA) is 32.3 Å². The van der Waals surface area contributed by atoms with Gasteiger partial charge in [-0.1, -0.05) is 19.1 Å².